The highest BCUT2D eigenvalue weighted by Gasteiger charge is 2.29. The number of hydrogen-bond donors (Lipinski definition) is 0. The van der Waals surface area contributed by atoms with Gasteiger partial charge >= 0.3 is 6.01 Å². The lowest BCUT2D eigenvalue weighted by molar-refractivity contribution is -0.0534. The van der Waals surface area contributed by atoms with Crippen LogP contribution < -0.4 is 9.64 Å². The van der Waals surface area contributed by atoms with Crippen molar-refractivity contribution in [2.45, 2.75) is 68.8 Å². The highest BCUT2D eigenvalue weighted by atomic mass is 32.2. The minimum absolute atomic E-state index is 0.0371. The van der Waals surface area contributed by atoms with Crippen LogP contribution in [0.2, 0.25) is 0 Å². The second-order valence-corrected chi connectivity index (χ2v) is 10.4. The van der Waals surface area contributed by atoms with Gasteiger partial charge in [0.2, 0.25) is 5.88 Å². The summed E-state index contributed by atoms with van der Waals surface area (Å²) >= 11 is 0. The molecule has 0 N–H and O–H groups in total. The summed E-state index contributed by atoms with van der Waals surface area (Å²) in [7, 11) is -3.36. The van der Waals surface area contributed by atoms with Crippen molar-refractivity contribution < 1.29 is 22.4 Å². The van der Waals surface area contributed by atoms with Crippen LogP contribution in [0.4, 0.5) is 6.01 Å². The van der Waals surface area contributed by atoms with Gasteiger partial charge in [-0.3, -0.25) is 0 Å². The van der Waals surface area contributed by atoms with Crippen LogP contribution >= 0.6 is 0 Å². The smallest absolute Gasteiger partial charge is 0.324 e. The maximum atomic E-state index is 11.5. The molecule has 32 heavy (non-hydrogen) atoms. The van der Waals surface area contributed by atoms with Crippen LogP contribution in [-0.2, 0) is 14.6 Å². The molecule has 0 amide bonds. The Morgan fingerprint density at radius 3 is 2.28 bits per heavy atom. The molecule has 4 rings (SSSR count). The van der Waals surface area contributed by atoms with Crippen molar-refractivity contribution in [2.75, 3.05) is 24.2 Å². The first-order chi connectivity index (χ1) is 15.3. The highest BCUT2D eigenvalue weighted by molar-refractivity contribution is 7.90. The SMILES string of the molecule is C=C(C)c1noc(N2CCC(O[C@H]3CC[C@H](Oc4cnc(S(C)(=O)=O)cn4)CC3)CC2)n1. The second kappa shape index (κ2) is 9.53. The van der Waals surface area contributed by atoms with Crippen molar-refractivity contribution in [3.8, 4) is 5.88 Å². The summed E-state index contributed by atoms with van der Waals surface area (Å²) in [6.07, 6.45) is 9.62. The predicted octanol–water partition coefficient (Wildman–Crippen LogP) is 2.67. The number of anilines is 1. The Hall–Kier alpha value is -2.53. The predicted molar refractivity (Wildman–Crippen MR) is 117 cm³/mol. The van der Waals surface area contributed by atoms with Gasteiger partial charge in [0.1, 0.15) is 6.10 Å². The summed E-state index contributed by atoms with van der Waals surface area (Å²) in [5.74, 6) is 0.902. The van der Waals surface area contributed by atoms with Gasteiger partial charge in [0.05, 0.1) is 24.6 Å². The van der Waals surface area contributed by atoms with Crippen LogP contribution in [0.15, 0.2) is 28.5 Å². The first-order valence-corrected chi connectivity index (χ1v) is 12.8. The molecule has 10 nitrogen and oxygen atoms in total. The fraction of sp³-hybridized carbons (Fsp3) is 0.619. The van der Waals surface area contributed by atoms with Crippen molar-refractivity contribution in [2.24, 2.45) is 0 Å². The Balaban J connectivity index is 1.19. The average molecular weight is 464 g/mol. The summed E-state index contributed by atoms with van der Waals surface area (Å²) in [6.45, 7) is 7.34. The molecule has 11 heteroatoms. The minimum Gasteiger partial charge on any atom is -0.473 e. The van der Waals surface area contributed by atoms with Crippen molar-refractivity contribution in [3.63, 3.8) is 0 Å². The third kappa shape index (κ3) is 5.63. The van der Waals surface area contributed by atoms with Crippen LogP contribution in [0.3, 0.4) is 0 Å². The van der Waals surface area contributed by atoms with Crippen molar-refractivity contribution in [1.82, 2.24) is 20.1 Å². The molecule has 2 aromatic heterocycles. The third-order valence-corrected chi connectivity index (χ3v) is 6.76. The number of piperidine rings is 1. The molecule has 174 valence electrons. The Morgan fingerprint density at radius 2 is 1.72 bits per heavy atom. The van der Waals surface area contributed by atoms with Crippen LogP contribution in [0, 0.1) is 0 Å². The van der Waals surface area contributed by atoms with E-state index >= 15 is 0 Å². The average Bonchev–Trinajstić information content (AvgIpc) is 3.26. The molecule has 0 radical (unpaired) electrons. The fourth-order valence-corrected chi connectivity index (χ4v) is 4.47. The van der Waals surface area contributed by atoms with Gasteiger partial charge in [0, 0.05) is 19.3 Å². The number of sulfone groups is 1. The van der Waals surface area contributed by atoms with Crippen LogP contribution in [0.1, 0.15) is 51.3 Å². The molecular formula is C21H29N5O5S. The molecule has 1 saturated heterocycles. The Morgan fingerprint density at radius 1 is 1.06 bits per heavy atom. The molecule has 1 aliphatic heterocycles. The summed E-state index contributed by atoms with van der Waals surface area (Å²) in [5, 5.41) is 3.90. The van der Waals surface area contributed by atoms with Gasteiger partial charge in [-0.25, -0.2) is 18.4 Å². The first-order valence-electron chi connectivity index (χ1n) is 10.9. The monoisotopic (exact) mass is 463 g/mol. The van der Waals surface area contributed by atoms with E-state index in [0.717, 1.165) is 63.4 Å². The number of nitrogens with zero attached hydrogens (tertiary/aromatic N) is 5. The summed E-state index contributed by atoms with van der Waals surface area (Å²) in [6, 6.07) is 0.548. The molecule has 3 heterocycles. The molecule has 2 aliphatic rings. The lowest BCUT2D eigenvalue weighted by Crippen LogP contribution is -2.39. The van der Waals surface area contributed by atoms with E-state index in [-0.39, 0.29) is 23.3 Å². The fourth-order valence-electron chi connectivity index (χ4n) is 3.99. The summed E-state index contributed by atoms with van der Waals surface area (Å²) < 4.78 is 40.5. The zero-order valence-electron chi connectivity index (χ0n) is 18.4. The topological polar surface area (TPSA) is 121 Å². The Kier molecular flexibility index (Phi) is 6.75. The van der Waals surface area contributed by atoms with Crippen LogP contribution in [-0.4, -0.2) is 66.2 Å². The van der Waals surface area contributed by atoms with E-state index in [1.165, 1.54) is 12.4 Å². The van der Waals surface area contributed by atoms with Gasteiger partial charge in [-0.2, -0.15) is 4.98 Å². The Labute approximate surface area is 187 Å². The third-order valence-electron chi connectivity index (χ3n) is 5.79. The number of ether oxygens (including phenoxy) is 2. The molecule has 1 aliphatic carbocycles. The van der Waals surface area contributed by atoms with E-state index in [4.69, 9.17) is 14.0 Å². The molecule has 1 saturated carbocycles. The van der Waals surface area contributed by atoms with E-state index in [1.54, 1.807) is 0 Å². The molecular weight excluding hydrogens is 434 g/mol. The zero-order chi connectivity index (χ0) is 22.7. The van der Waals surface area contributed by atoms with Gasteiger partial charge in [-0.15, -0.1) is 0 Å². The zero-order valence-corrected chi connectivity index (χ0v) is 19.3. The van der Waals surface area contributed by atoms with Gasteiger partial charge in [-0.1, -0.05) is 11.7 Å². The standard InChI is InChI=1S/C21H29N5O5S/c1-14(2)20-24-21(31-25-20)26-10-8-17(9-11-26)29-15-4-6-16(7-5-15)30-18-12-23-19(13-22-18)32(3,27)28/h12-13,15-17H,1,4-11H2,2-3H3/t15-,16-. The quantitative estimate of drug-likeness (QED) is 0.606. The van der Waals surface area contributed by atoms with E-state index in [2.05, 4.69) is 31.6 Å². The maximum absolute atomic E-state index is 11.5. The van der Waals surface area contributed by atoms with E-state index in [0.29, 0.717) is 17.7 Å². The minimum atomic E-state index is -3.36. The van der Waals surface area contributed by atoms with Gasteiger partial charge in [0.25, 0.3) is 0 Å². The van der Waals surface area contributed by atoms with Crippen molar-refractivity contribution in [1.29, 1.82) is 0 Å². The molecule has 0 unspecified atom stereocenters. The molecule has 0 aromatic carbocycles. The number of rotatable bonds is 7. The van der Waals surface area contributed by atoms with Crippen LogP contribution in [0.5, 0.6) is 5.88 Å². The maximum Gasteiger partial charge on any atom is 0.324 e. The van der Waals surface area contributed by atoms with E-state index in [1.807, 2.05) is 6.92 Å². The summed E-state index contributed by atoms with van der Waals surface area (Å²) in [5.41, 5.74) is 0.788. The normalized spacial score (nSPS) is 22.6. The number of aromatic nitrogens is 4. The van der Waals surface area contributed by atoms with Crippen molar-refractivity contribution in [3.05, 3.63) is 24.8 Å². The van der Waals surface area contributed by atoms with Crippen LogP contribution in [0.25, 0.3) is 5.57 Å². The largest absolute Gasteiger partial charge is 0.473 e. The number of hydrogen-bond acceptors (Lipinski definition) is 10. The molecule has 2 fully saturated rings. The Bertz CT molecular complexity index is 1020. The second-order valence-electron chi connectivity index (χ2n) is 8.48. The highest BCUT2D eigenvalue weighted by Crippen LogP contribution is 2.28. The number of allylic oxidation sites excluding steroid dienone is 1. The molecule has 2 aromatic rings. The van der Waals surface area contributed by atoms with Gasteiger partial charge in [-0.05, 0) is 51.0 Å². The summed E-state index contributed by atoms with van der Waals surface area (Å²) in [4.78, 5) is 14.5. The van der Waals surface area contributed by atoms with E-state index < -0.39 is 9.84 Å². The van der Waals surface area contributed by atoms with Crippen molar-refractivity contribution >= 4 is 21.4 Å². The van der Waals surface area contributed by atoms with Gasteiger partial charge < -0.3 is 18.9 Å². The molecule has 0 bridgehead atoms. The first kappa shape index (κ1) is 22.7. The van der Waals surface area contributed by atoms with E-state index in [9.17, 15) is 8.42 Å². The lowest BCUT2D eigenvalue weighted by Gasteiger charge is -2.35. The molecule has 0 atom stereocenters. The van der Waals surface area contributed by atoms with Gasteiger partial charge in [0.15, 0.2) is 20.7 Å². The molecule has 0 spiro atoms. The lowest BCUT2D eigenvalue weighted by atomic mass is 9.94.